The minimum Gasteiger partial charge on any atom is -0.350 e. The quantitative estimate of drug-likeness (QED) is 0.346. The maximum absolute atomic E-state index is 12.6. The molecule has 2 heterocycles. The molecule has 0 bridgehead atoms. The molecule has 1 saturated heterocycles. The van der Waals surface area contributed by atoms with Gasteiger partial charge in [0.2, 0.25) is 11.8 Å². The fourth-order valence-electron chi connectivity index (χ4n) is 4.15. The minimum atomic E-state index is -3.86. The Bertz CT molecular complexity index is 1240. The number of nitrogens with zero attached hydrogens (tertiary/aromatic N) is 1. The third kappa shape index (κ3) is 4.13. The molecular weight excluding hydrogens is 416 g/mol. The van der Waals surface area contributed by atoms with E-state index in [9.17, 15) is 18.0 Å². The number of hydrogen-bond acceptors (Lipinski definition) is 5. The molecule has 0 radical (unpaired) electrons. The average Bonchev–Trinajstić information content (AvgIpc) is 3.21. The molecule has 0 saturated carbocycles. The largest absolute Gasteiger partial charge is 0.350 e. The number of rotatable bonds is 7. The molecule has 1 fully saturated rings. The number of amides is 2. The third-order valence-electron chi connectivity index (χ3n) is 5.74. The summed E-state index contributed by atoms with van der Waals surface area (Å²) in [5.41, 5.74) is 2.74. The molecule has 2 aromatic carbocycles. The number of fused-ring (bicyclic) bond motifs is 1. The molecule has 8 heteroatoms. The van der Waals surface area contributed by atoms with Crippen molar-refractivity contribution in [3.63, 3.8) is 0 Å². The van der Waals surface area contributed by atoms with E-state index in [-0.39, 0.29) is 23.3 Å². The number of carbonyl (C=O) groups excluding carboxylic acids is 2. The lowest BCUT2D eigenvalue weighted by atomic mass is 9.85. The van der Waals surface area contributed by atoms with Gasteiger partial charge >= 0.3 is 0 Å². The van der Waals surface area contributed by atoms with Crippen LogP contribution in [0.15, 0.2) is 59.6 Å². The Morgan fingerprint density at radius 2 is 1.74 bits per heavy atom. The molecule has 0 spiro atoms. The normalized spacial score (nSPS) is 19.2. The Balaban J connectivity index is 1.46. The molecule has 31 heavy (non-hydrogen) atoms. The van der Waals surface area contributed by atoms with Crippen LogP contribution in [0.2, 0.25) is 0 Å². The van der Waals surface area contributed by atoms with Gasteiger partial charge in [0.1, 0.15) is 0 Å². The van der Waals surface area contributed by atoms with Crippen LogP contribution >= 0.6 is 0 Å². The van der Waals surface area contributed by atoms with E-state index in [1.165, 1.54) is 12.1 Å². The van der Waals surface area contributed by atoms with Crippen LogP contribution in [0.4, 0.5) is 0 Å². The number of imide groups is 1. The van der Waals surface area contributed by atoms with E-state index < -0.39 is 22.0 Å². The van der Waals surface area contributed by atoms with Gasteiger partial charge in [-0.25, -0.2) is 0 Å². The van der Waals surface area contributed by atoms with E-state index in [1.807, 2.05) is 49.0 Å². The Morgan fingerprint density at radius 3 is 2.48 bits per heavy atom. The van der Waals surface area contributed by atoms with Gasteiger partial charge in [-0.05, 0) is 43.5 Å². The van der Waals surface area contributed by atoms with E-state index >= 15 is 0 Å². The van der Waals surface area contributed by atoms with Crippen LogP contribution in [0.3, 0.4) is 0 Å². The predicted octanol–water partition coefficient (Wildman–Crippen LogP) is 3.03. The first-order chi connectivity index (χ1) is 14.8. The van der Waals surface area contributed by atoms with E-state index in [1.54, 1.807) is 12.1 Å². The van der Waals surface area contributed by atoms with E-state index in [4.69, 9.17) is 4.18 Å². The third-order valence-corrected chi connectivity index (χ3v) is 7.06. The van der Waals surface area contributed by atoms with Gasteiger partial charge in [-0.1, -0.05) is 35.9 Å². The molecule has 7 nitrogen and oxygen atoms in total. The maximum Gasteiger partial charge on any atom is 0.296 e. The molecule has 4 rings (SSSR count). The molecule has 3 aromatic rings. The molecule has 2 unspecified atom stereocenters. The molecule has 162 valence electrons. The van der Waals surface area contributed by atoms with Gasteiger partial charge in [-0.3, -0.25) is 19.1 Å². The zero-order valence-electron chi connectivity index (χ0n) is 17.4. The second-order valence-electron chi connectivity index (χ2n) is 7.88. The van der Waals surface area contributed by atoms with Gasteiger partial charge in [-0.2, -0.15) is 8.42 Å². The SMILES string of the molecule is Cc1ccc(S(=O)(=O)OCCCC2C(=O)NC(=O)C2c2cn(C)c3ccccc23)cc1. The Morgan fingerprint density at radius 1 is 1.03 bits per heavy atom. The second-order valence-corrected chi connectivity index (χ2v) is 9.50. The van der Waals surface area contributed by atoms with Crippen molar-refractivity contribution in [3.8, 4) is 0 Å². The lowest BCUT2D eigenvalue weighted by Crippen LogP contribution is -2.22. The van der Waals surface area contributed by atoms with Crippen LogP contribution in [-0.4, -0.2) is 31.4 Å². The Hall–Kier alpha value is -2.97. The standard InChI is InChI=1S/C23H24N2O5S/c1-15-9-11-16(12-10-15)31(28,29)30-13-5-7-18-21(23(27)24-22(18)26)19-14-25(2)20-8-4-3-6-17(19)20/h3-4,6,8-12,14,18,21H,5,7,13H2,1-2H3,(H,24,26,27). The van der Waals surface area contributed by atoms with Crippen LogP contribution in [-0.2, 0) is 30.9 Å². The van der Waals surface area contributed by atoms with Gasteiger partial charge in [0.25, 0.3) is 10.1 Å². The highest BCUT2D eigenvalue weighted by Gasteiger charge is 2.43. The summed E-state index contributed by atoms with van der Waals surface area (Å²) < 4.78 is 31.7. The van der Waals surface area contributed by atoms with Crippen molar-refractivity contribution in [2.45, 2.75) is 30.6 Å². The predicted molar refractivity (Wildman–Crippen MR) is 116 cm³/mol. The van der Waals surface area contributed by atoms with Crippen LogP contribution in [0.5, 0.6) is 0 Å². The molecule has 0 aliphatic carbocycles. The summed E-state index contributed by atoms with van der Waals surface area (Å²) in [4.78, 5) is 25.1. The number of benzene rings is 2. The highest BCUT2D eigenvalue weighted by atomic mass is 32.2. The summed E-state index contributed by atoms with van der Waals surface area (Å²) in [6, 6.07) is 14.2. The van der Waals surface area contributed by atoms with E-state index in [0.717, 1.165) is 22.0 Å². The van der Waals surface area contributed by atoms with Gasteiger partial charge in [0, 0.05) is 24.1 Å². The summed E-state index contributed by atoms with van der Waals surface area (Å²) in [7, 11) is -1.96. The summed E-state index contributed by atoms with van der Waals surface area (Å²) in [6.07, 6.45) is 2.56. The number of para-hydroxylation sites is 1. The fourth-order valence-corrected chi connectivity index (χ4v) is 5.09. The number of nitrogens with one attached hydrogen (secondary N) is 1. The lowest BCUT2D eigenvalue weighted by molar-refractivity contribution is -0.125. The first-order valence-corrected chi connectivity index (χ1v) is 11.5. The first-order valence-electron chi connectivity index (χ1n) is 10.1. The van der Waals surface area contributed by atoms with Crippen molar-refractivity contribution in [1.29, 1.82) is 0 Å². The van der Waals surface area contributed by atoms with Crippen LogP contribution in [0.1, 0.15) is 29.9 Å². The van der Waals surface area contributed by atoms with Crippen LogP contribution < -0.4 is 5.32 Å². The molecule has 1 aromatic heterocycles. The number of hydrogen-bond donors (Lipinski definition) is 1. The van der Waals surface area contributed by atoms with Crippen LogP contribution in [0.25, 0.3) is 10.9 Å². The highest BCUT2D eigenvalue weighted by molar-refractivity contribution is 7.86. The fraction of sp³-hybridized carbons (Fsp3) is 0.304. The number of aryl methyl sites for hydroxylation is 2. The van der Waals surface area contributed by atoms with Crippen molar-refractivity contribution in [1.82, 2.24) is 9.88 Å². The average molecular weight is 441 g/mol. The summed E-state index contributed by atoms with van der Waals surface area (Å²) in [5, 5.41) is 3.36. The van der Waals surface area contributed by atoms with Gasteiger partial charge in [0.05, 0.1) is 23.3 Å². The molecule has 2 amide bonds. The van der Waals surface area contributed by atoms with Crippen LogP contribution in [0, 0.1) is 12.8 Å². The van der Waals surface area contributed by atoms with Gasteiger partial charge in [-0.15, -0.1) is 0 Å². The zero-order valence-corrected chi connectivity index (χ0v) is 18.2. The van der Waals surface area contributed by atoms with E-state index in [0.29, 0.717) is 12.8 Å². The molecule has 2 atom stereocenters. The topological polar surface area (TPSA) is 94.5 Å². The minimum absolute atomic E-state index is 0.0591. The van der Waals surface area contributed by atoms with Crippen molar-refractivity contribution in [3.05, 3.63) is 65.9 Å². The molecular formula is C23H24N2O5S. The number of carbonyl (C=O) groups is 2. The zero-order chi connectivity index (χ0) is 22.2. The monoisotopic (exact) mass is 440 g/mol. The van der Waals surface area contributed by atoms with Crippen molar-refractivity contribution in [2.24, 2.45) is 13.0 Å². The molecule has 1 aliphatic heterocycles. The van der Waals surface area contributed by atoms with Crippen molar-refractivity contribution >= 4 is 32.8 Å². The smallest absolute Gasteiger partial charge is 0.296 e. The summed E-state index contributed by atoms with van der Waals surface area (Å²) >= 11 is 0. The first kappa shape index (κ1) is 21.3. The summed E-state index contributed by atoms with van der Waals surface area (Å²) in [5.74, 6) is -1.82. The van der Waals surface area contributed by atoms with E-state index in [2.05, 4.69) is 5.32 Å². The highest BCUT2D eigenvalue weighted by Crippen LogP contribution is 2.37. The number of aromatic nitrogens is 1. The van der Waals surface area contributed by atoms with Gasteiger partial charge in [0.15, 0.2) is 0 Å². The van der Waals surface area contributed by atoms with Crippen molar-refractivity contribution in [2.75, 3.05) is 6.61 Å². The van der Waals surface area contributed by atoms with Crippen molar-refractivity contribution < 1.29 is 22.2 Å². The Kier molecular flexibility index (Phi) is 5.68. The summed E-state index contributed by atoms with van der Waals surface area (Å²) in [6.45, 7) is 1.81. The maximum atomic E-state index is 12.6. The molecule has 1 N–H and O–H groups in total. The van der Waals surface area contributed by atoms with Gasteiger partial charge < -0.3 is 4.57 Å². The second kappa shape index (κ2) is 8.28. The lowest BCUT2D eigenvalue weighted by Gasteiger charge is -2.15. The molecule has 1 aliphatic rings. The Labute approximate surface area is 181 Å².